The highest BCUT2D eigenvalue weighted by molar-refractivity contribution is 8.96. The van der Waals surface area contributed by atoms with Gasteiger partial charge in [0.25, 0.3) is 0 Å². The van der Waals surface area contributed by atoms with Crippen LogP contribution in [0.15, 0.2) is 0 Å². The molecule has 0 fully saturated rings. The van der Waals surface area contributed by atoms with Crippen molar-refractivity contribution in [2.75, 3.05) is 0 Å². The fraction of sp³-hybridized carbons (Fsp3) is 0. The molecule has 0 aromatic rings. The molecule has 0 rings (SSSR count). The summed E-state index contributed by atoms with van der Waals surface area (Å²) in [5, 5.41) is 0. The van der Waals surface area contributed by atoms with E-state index in [2.05, 4.69) is 44.6 Å². The lowest BCUT2D eigenvalue weighted by Crippen LogP contribution is -1.65. The summed E-state index contributed by atoms with van der Waals surface area (Å²) >= 11 is 0. The van der Waals surface area contributed by atoms with Gasteiger partial charge in [0, 0.05) is 0 Å². The van der Waals surface area contributed by atoms with Gasteiger partial charge in [-0.1, -0.05) is 15.1 Å². The monoisotopic (exact) mass is 302 g/mol. The lowest BCUT2D eigenvalue weighted by molar-refractivity contribution is 4.44. The second-order valence-electron chi connectivity index (χ2n) is 1.56. The predicted molar refractivity (Wildman–Crippen MR) is 84.8 cm³/mol. The van der Waals surface area contributed by atoms with Crippen LogP contribution in [0.3, 0.4) is 0 Å². The zero-order chi connectivity index (χ0) is 8.15. The SMILES string of the molecule is PPP(BP(P)P)P(P)P. The van der Waals surface area contributed by atoms with Gasteiger partial charge in [0.15, 0.2) is 0 Å². The smallest absolute Gasteiger partial charge is 0.116 e. The van der Waals surface area contributed by atoms with Crippen molar-refractivity contribution in [2.45, 2.75) is 0 Å². The first-order valence-corrected chi connectivity index (χ1v) is 17.6. The fourth-order valence-electron chi connectivity index (χ4n) is 0.335. The third-order valence-electron chi connectivity index (χ3n) is 0.725. The molecule has 0 spiro atoms. The average molecular weight is 302 g/mol. The molecule has 0 heterocycles. The second-order valence-corrected chi connectivity index (χ2v) is 27.7. The Morgan fingerprint density at radius 1 is 1.10 bits per heavy atom. The maximum absolute atomic E-state index is 2.95. The molecule has 0 aliphatic heterocycles. The van der Waals surface area contributed by atoms with Gasteiger partial charge in [0.05, 0.1) is 0 Å². The molecule has 0 aliphatic rings. The van der Waals surface area contributed by atoms with Crippen LogP contribution in [0, 0.1) is 0 Å². The summed E-state index contributed by atoms with van der Waals surface area (Å²) in [7, 11) is 16.2. The van der Waals surface area contributed by atoms with Crippen LogP contribution in [-0.4, -0.2) is 6.72 Å². The fourth-order valence-corrected chi connectivity index (χ4v) is 38.0. The number of hydrogen-bond acceptors (Lipinski definition) is 0. The summed E-state index contributed by atoms with van der Waals surface area (Å²) in [5.41, 5.74) is 0. The maximum atomic E-state index is 2.95. The van der Waals surface area contributed by atoms with E-state index in [1.54, 1.807) is 0 Å². The summed E-state index contributed by atoms with van der Waals surface area (Å²) < 4.78 is 0. The molecule has 0 N–H and O–H groups in total. The van der Waals surface area contributed by atoms with E-state index in [4.69, 9.17) is 0 Å². The highest BCUT2D eigenvalue weighted by Crippen LogP contribution is 2.90. The molecular formula is H12BP9. The highest BCUT2D eigenvalue weighted by Gasteiger charge is 2.13. The first-order valence-electron chi connectivity index (χ1n) is 2.38. The largest absolute Gasteiger partial charge is 0.203 e. The molecular weight excluding hydrogens is 290 g/mol. The van der Waals surface area contributed by atoms with Crippen LogP contribution in [-0.2, 0) is 0 Å². The third kappa shape index (κ3) is 7.35. The standard InChI is InChI=1S/BH12P9/c2-7-9(10(5)6)1-8(3)4/h1,7H,2-6H2. The number of hydrogen-bond donors (Lipinski definition) is 0. The Hall–Kier alpha value is 3.93. The van der Waals surface area contributed by atoms with Crippen LogP contribution in [0.2, 0.25) is 0 Å². The van der Waals surface area contributed by atoms with Crippen LogP contribution in [0.25, 0.3) is 0 Å². The quantitative estimate of drug-likeness (QED) is 0.540. The van der Waals surface area contributed by atoms with E-state index in [0.717, 1.165) is 7.96 Å². The molecule has 0 saturated carbocycles. The molecule has 0 aromatic carbocycles. The minimum atomic E-state index is 0.167. The van der Waals surface area contributed by atoms with Gasteiger partial charge in [-0.3, -0.25) is 0 Å². The van der Waals surface area contributed by atoms with Crippen molar-refractivity contribution in [1.29, 1.82) is 0 Å². The van der Waals surface area contributed by atoms with E-state index in [1.807, 2.05) is 0 Å². The minimum absolute atomic E-state index is 0.167. The van der Waals surface area contributed by atoms with E-state index in [0.29, 0.717) is 7.18 Å². The molecule has 0 radical (unpaired) electrons. The third-order valence-corrected chi connectivity index (χ3v) is 28.9. The van der Waals surface area contributed by atoms with Gasteiger partial charge in [0.2, 0.25) is 6.72 Å². The maximum Gasteiger partial charge on any atom is 0.203 e. The normalized spacial score (nSPS) is 15.5. The first-order chi connectivity index (χ1) is 4.57. The van der Waals surface area contributed by atoms with E-state index < -0.39 is 0 Å². The van der Waals surface area contributed by atoms with Crippen molar-refractivity contribution < 1.29 is 0 Å². The van der Waals surface area contributed by atoms with Gasteiger partial charge < -0.3 is 0 Å². The molecule has 0 bridgehead atoms. The van der Waals surface area contributed by atoms with Crippen LogP contribution in [0.1, 0.15) is 0 Å². The van der Waals surface area contributed by atoms with Gasteiger partial charge in [-0.15, -0.1) is 51.8 Å². The van der Waals surface area contributed by atoms with Crippen molar-refractivity contribution >= 4 is 80.7 Å². The Morgan fingerprint density at radius 2 is 1.60 bits per heavy atom. The van der Waals surface area contributed by atoms with E-state index >= 15 is 0 Å². The van der Waals surface area contributed by atoms with Crippen molar-refractivity contribution in [2.24, 2.45) is 0 Å². The second kappa shape index (κ2) is 8.26. The van der Waals surface area contributed by atoms with Gasteiger partial charge in [-0.2, -0.15) is 0 Å². The summed E-state index contributed by atoms with van der Waals surface area (Å²) in [6.45, 7) is 1.61. The van der Waals surface area contributed by atoms with Gasteiger partial charge >= 0.3 is 0 Å². The molecule has 0 aliphatic carbocycles. The Labute approximate surface area is 80.6 Å². The van der Waals surface area contributed by atoms with Crippen molar-refractivity contribution in [3.8, 4) is 0 Å². The molecule has 0 saturated heterocycles. The lowest BCUT2D eigenvalue weighted by atomic mass is 10.7. The summed E-state index contributed by atoms with van der Waals surface area (Å²) in [6, 6.07) is 0. The van der Waals surface area contributed by atoms with E-state index in [-0.39, 0.29) is 14.2 Å². The zero-order valence-electron chi connectivity index (χ0n) is 5.44. The van der Waals surface area contributed by atoms with Gasteiger partial charge in [-0.25, -0.2) is 0 Å². The Balaban J connectivity index is 3.60. The molecule has 7 unspecified atom stereocenters. The zero-order valence-corrected chi connectivity index (χ0v) is 14.9. The first kappa shape index (κ1) is 13.9. The Morgan fingerprint density at radius 3 is 1.70 bits per heavy atom. The summed E-state index contributed by atoms with van der Waals surface area (Å²) in [4.78, 5) is 0. The van der Waals surface area contributed by atoms with Crippen LogP contribution >= 0.6 is 73.9 Å². The summed E-state index contributed by atoms with van der Waals surface area (Å²) in [5.74, 6) is 0. The van der Waals surface area contributed by atoms with E-state index in [1.165, 1.54) is 6.72 Å². The molecule has 0 nitrogen and oxygen atoms in total. The van der Waals surface area contributed by atoms with Crippen molar-refractivity contribution in [1.82, 2.24) is 0 Å². The van der Waals surface area contributed by atoms with Gasteiger partial charge in [0.1, 0.15) is 0 Å². The topological polar surface area (TPSA) is 0 Å². The molecule has 0 aromatic heterocycles. The van der Waals surface area contributed by atoms with Gasteiger partial charge in [-0.05, 0) is 6.99 Å². The lowest BCUT2D eigenvalue weighted by Gasteiger charge is -2.19. The molecule has 10 heteroatoms. The Bertz CT molecular complexity index is 76.8. The Kier molecular flexibility index (Phi) is 11.5. The molecule has 60 valence electrons. The summed E-state index contributed by atoms with van der Waals surface area (Å²) in [6.07, 6.45) is 0. The van der Waals surface area contributed by atoms with Crippen LogP contribution in [0.4, 0.5) is 0 Å². The molecule has 10 heavy (non-hydrogen) atoms. The molecule has 0 amide bonds. The average Bonchev–Trinajstić information content (AvgIpc) is 1.81. The number of rotatable bonds is 4. The van der Waals surface area contributed by atoms with E-state index in [9.17, 15) is 0 Å². The van der Waals surface area contributed by atoms with Crippen molar-refractivity contribution in [3.05, 3.63) is 0 Å². The van der Waals surface area contributed by atoms with Crippen molar-refractivity contribution in [3.63, 3.8) is 0 Å². The minimum Gasteiger partial charge on any atom is -0.116 e. The van der Waals surface area contributed by atoms with Crippen LogP contribution < -0.4 is 0 Å². The predicted octanol–water partition coefficient (Wildman–Crippen LogP) is 4.16. The highest BCUT2D eigenvalue weighted by atomic mass is 32.9. The molecule has 7 atom stereocenters. The van der Waals surface area contributed by atoms with Crippen LogP contribution in [0.5, 0.6) is 0 Å².